The lowest BCUT2D eigenvalue weighted by molar-refractivity contribution is -0.125. The summed E-state index contributed by atoms with van der Waals surface area (Å²) in [7, 11) is 1.49. The van der Waals surface area contributed by atoms with Gasteiger partial charge < -0.3 is 10.1 Å². The Morgan fingerprint density at radius 2 is 1.94 bits per heavy atom. The SMILES string of the molecule is COCC(=O)N[C@@H](Cc1ccc(F)cc1)C(C)C. The highest BCUT2D eigenvalue weighted by Crippen LogP contribution is 2.11. The molecular formula is C14H20FNO2. The van der Waals surface area contributed by atoms with Crippen molar-refractivity contribution in [2.75, 3.05) is 13.7 Å². The van der Waals surface area contributed by atoms with Crippen molar-refractivity contribution < 1.29 is 13.9 Å². The fourth-order valence-electron chi connectivity index (χ4n) is 1.71. The molecule has 0 aliphatic heterocycles. The Balaban J connectivity index is 2.62. The van der Waals surface area contributed by atoms with Gasteiger partial charge in [0, 0.05) is 13.2 Å². The molecule has 1 aromatic rings. The first-order valence-electron chi connectivity index (χ1n) is 6.05. The number of hydrogen-bond donors (Lipinski definition) is 1. The first-order valence-corrected chi connectivity index (χ1v) is 6.05. The number of nitrogens with one attached hydrogen (secondary N) is 1. The van der Waals surface area contributed by atoms with E-state index in [4.69, 9.17) is 4.74 Å². The van der Waals surface area contributed by atoms with Crippen LogP contribution in [0.2, 0.25) is 0 Å². The minimum absolute atomic E-state index is 0.0260. The lowest BCUT2D eigenvalue weighted by atomic mass is 9.96. The van der Waals surface area contributed by atoms with E-state index in [1.807, 2.05) is 13.8 Å². The predicted octanol–water partition coefficient (Wildman–Crippen LogP) is 2.16. The van der Waals surface area contributed by atoms with Gasteiger partial charge in [0.2, 0.25) is 5.91 Å². The maximum atomic E-state index is 12.8. The molecule has 0 aliphatic carbocycles. The standard InChI is InChI=1S/C14H20FNO2/c1-10(2)13(16-14(17)9-18-3)8-11-4-6-12(15)7-5-11/h4-7,10,13H,8-9H2,1-3H3,(H,16,17)/t13-/m0/s1. The van der Waals surface area contributed by atoms with Crippen LogP contribution in [0, 0.1) is 11.7 Å². The van der Waals surface area contributed by atoms with E-state index in [1.54, 1.807) is 12.1 Å². The zero-order valence-corrected chi connectivity index (χ0v) is 11.1. The Bertz CT molecular complexity index is 376. The second kappa shape index (κ2) is 7.11. The maximum Gasteiger partial charge on any atom is 0.246 e. The van der Waals surface area contributed by atoms with E-state index in [0.717, 1.165) is 5.56 Å². The molecule has 3 nitrogen and oxygen atoms in total. The van der Waals surface area contributed by atoms with Gasteiger partial charge in [-0.05, 0) is 30.0 Å². The van der Waals surface area contributed by atoms with Gasteiger partial charge in [-0.1, -0.05) is 26.0 Å². The molecule has 1 aromatic carbocycles. The summed E-state index contributed by atoms with van der Waals surface area (Å²) in [5.41, 5.74) is 1.01. The summed E-state index contributed by atoms with van der Waals surface area (Å²) in [4.78, 5) is 11.5. The summed E-state index contributed by atoms with van der Waals surface area (Å²) in [6, 6.07) is 6.38. The number of benzene rings is 1. The summed E-state index contributed by atoms with van der Waals surface area (Å²) in [6.45, 7) is 4.15. The van der Waals surface area contributed by atoms with Crippen molar-refractivity contribution in [3.8, 4) is 0 Å². The van der Waals surface area contributed by atoms with Crippen molar-refractivity contribution in [1.29, 1.82) is 0 Å². The molecule has 1 amide bonds. The molecule has 0 bridgehead atoms. The smallest absolute Gasteiger partial charge is 0.246 e. The molecule has 4 heteroatoms. The lowest BCUT2D eigenvalue weighted by Gasteiger charge is -2.22. The quantitative estimate of drug-likeness (QED) is 0.843. The zero-order valence-electron chi connectivity index (χ0n) is 11.1. The van der Waals surface area contributed by atoms with Gasteiger partial charge >= 0.3 is 0 Å². The lowest BCUT2D eigenvalue weighted by Crippen LogP contribution is -2.41. The second-order valence-corrected chi connectivity index (χ2v) is 4.68. The second-order valence-electron chi connectivity index (χ2n) is 4.68. The van der Waals surface area contributed by atoms with Gasteiger partial charge in [-0.15, -0.1) is 0 Å². The topological polar surface area (TPSA) is 38.3 Å². The minimum Gasteiger partial charge on any atom is -0.375 e. The third kappa shape index (κ3) is 4.84. The molecule has 100 valence electrons. The first-order chi connectivity index (χ1) is 8.52. The molecule has 0 fully saturated rings. The molecule has 1 rings (SSSR count). The summed E-state index contributed by atoms with van der Waals surface area (Å²) in [5, 5.41) is 2.92. The number of ether oxygens (including phenoxy) is 1. The molecule has 0 radical (unpaired) electrons. The van der Waals surface area contributed by atoms with E-state index >= 15 is 0 Å². The molecular weight excluding hydrogens is 233 g/mol. The third-order valence-electron chi connectivity index (χ3n) is 2.80. The van der Waals surface area contributed by atoms with Crippen molar-refractivity contribution >= 4 is 5.91 Å². The normalized spacial score (nSPS) is 12.5. The van der Waals surface area contributed by atoms with Gasteiger partial charge in [0.1, 0.15) is 12.4 Å². The van der Waals surface area contributed by atoms with E-state index < -0.39 is 0 Å². The number of carbonyl (C=O) groups is 1. The molecule has 0 saturated carbocycles. The highest BCUT2D eigenvalue weighted by molar-refractivity contribution is 5.77. The van der Waals surface area contributed by atoms with Crippen LogP contribution in [0.15, 0.2) is 24.3 Å². The van der Waals surface area contributed by atoms with E-state index in [1.165, 1.54) is 19.2 Å². The molecule has 0 spiro atoms. The van der Waals surface area contributed by atoms with Crippen LogP contribution < -0.4 is 5.32 Å². The van der Waals surface area contributed by atoms with Gasteiger partial charge in [0.05, 0.1) is 0 Å². The van der Waals surface area contributed by atoms with Crippen LogP contribution in [0.1, 0.15) is 19.4 Å². The maximum absolute atomic E-state index is 12.8. The predicted molar refractivity (Wildman–Crippen MR) is 68.7 cm³/mol. The summed E-state index contributed by atoms with van der Waals surface area (Å²) in [6.07, 6.45) is 0.688. The van der Waals surface area contributed by atoms with E-state index in [9.17, 15) is 9.18 Å². The third-order valence-corrected chi connectivity index (χ3v) is 2.80. The van der Waals surface area contributed by atoms with Crippen molar-refractivity contribution in [3.63, 3.8) is 0 Å². The fourth-order valence-corrected chi connectivity index (χ4v) is 1.71. The summed E-state index contributed by atoms with van der Waals surface area (Å²) < 4.78 is 17.6. The van der Waals surface area contributed by atoms with Crippen LogP contribution in [-0.2, 0) is 16.0 Å². The van der Waals surface area contributed by atoms with Crippen LogP contribution in [0.4, 0.5) is 4.39 Å². The largest absolute Gasteiger partial charge is 0.375 e. The van der Waals surface area contributed by atoms with Crippen LogP contribution in [0.5, 0.6) is 0 Å². The Kier molecular flexibility index (Phi) is 5.78. The molecule has 18 heavy (non-hydrogen) atoms. The number of rotatable bonds is 6. The first kappa shape index (κ1) is 14.6. The number of amides is 1. The fraction of sp³-hybridized carbons (Fsp3) is 0.500. The molecule has 0 aliphatic rings. The van der Waals surface area contributed by atoms with Crippen molar-refractivity contribution in [2.24, 2.45) is 5.92 Å². The van der Waals surface area contributed by atoms with Gasteiger partial charge in [-0.2, -0.15) is 0 Å². The number of hydrogen-bond acceptors (Lipinski definition) is 2. The minimum atomic E-state index is -0.247. The molecule has 1 N–H and O–H groups in total. The summed E-state index contributed by atoms with van der Waals surface area (Å²) >= 11 is 0. The highest BCUT2D eigenvalue weighted by Gasteiger charge is 2.16. The van der Waals surface area contributed by atoms with Crippen molar-refractivity contribution in [3.05, 3.63) is 35.6 Å². The monoisotopic (exact) mass is 253 g/mol. The van der Waals surface area contributed by atoms with E-state index in [0.29, 0.717) is 12.3 Å². The molecule has 0 saturated heterocycles. The number of carbonyl (C=O) groups excluding carboxylic acids is 1. The summed E-state index contributed by atoms with van der Waals surface area (Å²) in [5.74, 6) is -0.0718. The highest BCUT2D eigenvalue weighted by atomic mass is 19.1. The zero-order chi connectivity index (χ0) is 13.5. The van der Waals surface area contributed by atoms with E-state index in [2.05, 4.69) is 5.32 Å². The average Bonchev–Trinajstić information content (AvgIpc) is 2.31. The van der Waals surface area contributed by atoms with Gasteiger partial charge in [0.25, 0.3) is 0 Å². The average molecular weight is 253 g/mol. The molecule has 0 heterocycles. The van der Waals surface area contributed by atoms with Crippen molar-refractivity contribution in [2.45, 2.75) is 26.3 Å². The van der Waals surface area contributed by atoms with Crippen molar-refractivity contribution in [1.82, 2.24) is 5.32 Å². The number of halogens is 1. The van der Waals surface area contributed by atoms with Gasteiger partial charge in [-0.25, -0.2) is 4.39 Å². The van der Waals surface area contributed by atoms with Gasteiger partial charge in [-0.3, -0.25) is 4.79 Å². The molecule has 1 atom stereocenters. The van der Waals surface area contributed by atoms with Crippen LogP contribution >= 0.6 is 0 Å². The Morgan fingerprint density at radius 1 is 1.33 bits per heavy atom. The number of methoxy groups -OCH3 is 1. The van der Waals surface area contributed by atoms with Gasteiger partial charge in [0.15, 0.2) is 0 Å². The Morgan fingerprint density at radius 3 is 2.44 bits per heavy atom. The van der Waals surface area contributed by atoms with Crippen LogP contribution in [-0.4, -0.2) is 25.7 Å². The molecule has 0 unspecified atom stereocenters. The molecule has 0 aromatic heterocycles. The van der Waals surface area contributed by atoms with E-state index in [-0.39, 0.29) is 24.4 Å². The van der Waals surface area contributed by atoms with Crippen LogP contribution in [0.3, 0.4) is 0 Å². The van der Waals surface area contributed by atoms with Crippen LogP contribution in [0.25, 0.3) is 0 Å². The Hall–Kier alpha value is -1.42. The Labute approximate surface area is 107 Å².